The average molecular weight is 333 g/mol. The van der Waals surface area contributed by atoms with E-state index < -0.39 is 11.6 Å². The molecule has 1 aromatic rings. The van der Waals surface area contributed by atoms with E-state index in [2.05, 4.69) is 6.92 Å². The number of carbonyl (C=O) groups is 2. The molecule has 1 fully saturated rings. The Balaban J connectivity index is 2.04. The number of benzene rings is 1. The molecule has 1 aliphatic rings. The van der Waals surface area contributed by atoms with Gasteiger partial charge in [0.25, 0.3) is 0 Å². The summed E-state index contributed by atoms with van der Waals surface area (Å²) >= 11 is 0. The first-order valence-electron chi connectivity index (χ1n) is 8.75. The Labute approximate surface area is 143 Å². The molecule has 1 saturated heterocycles. The number of esters is 1. The van der Waals surface area contributed by atoms with Crippen LogP contribution in [0, 0.1) is 0 Å². The van der Waals surface area contributed by atoms with Gasteiger partial charge in [-0.25, -0.2) is 4.79 Å². The van der Waals surface area contributed by atoms with Crippen molar-refractivity contribution in [3.8, 4) is 0 Å². The summed E-state index contributed by atoms with van der Waals surface area (Å²) in [5, 5.41) is 10.4. The standard InChI is InChI=1S/C19H27NO4/c1-3-8-16(15-9-6-5-7-10-15)17(21)20-13-11-19(23,12-14-20)18(22)24-4-2/h5-7,9-10,16,23H,3-4,8,11-14H2,1-2H3/t16-/m1/s1. The van der Waals surface area contributed by atoms with Gasteiger partial charge in [0.05, 0.1) is 12.5 Å². The van der Waals surface area contributed by atoms with E-state index in [1.165, 1.54) is 0 Å². The fraction of sp³-hybridized carbons (Fsp3) is 0.579. The van der Waals surface area contributed by atoms with Crippen LogP contribution in [0.1, 0.15) is 51.0 Å². The van der Waals surface area contributed by atoms with Gasteiger partial charge >= 0.3 is 5.97 Å². The Hall–Kier alpha value is -1.88. The number of amides is 1. The number of piperidine rings is 1. The first-order chi connectivity index (χ1) is 11.5. The number of hydrogen-bond acceptors (Lipinski definition) is 4. The number of aliphatic hydroxyl groups is 1. The number of rotatable bonds is 6. The van der Waals surface area contributed by atoms with Crippen molar-refractivity contribution in [3.63, 3.8) is 0 Å². The molecule has 5 nitrogen and oxygen atoms in total. The summed E-state index contributed by atoms with van der Waals surface area (Å²) in [7, 11) is 0. The molecule has 2 rings (SSSR count). The largest absolute Gasteiger partial charge is 0.464 e. The van der Waals surface area contributed by atoms with E-state index in [4.69, 9.17) is 4.74 Å². The fourth-order valence-electron chi connectivity index (χ4n) is 3.19. The molecule has 0 radical (unpaired) electrons. The van der Waals surface area contributed by atoms with Gasteiger partial charge in [0.2, 0.25) is 5.91 Å². The third-order valence-electron chi connectivity index (χ3n) is 4.64. The molecular formula is C19H27NO4. The molecule has 5 heteroatoms. The van der Waals surface area contributed by atoms with Crippen LogP contribution in [0.2, 0.25) is 0 Å². The zero-order chi connectivity index (χ0) is 17.6. The SMILES string of the molecule is CCC[C@@H](C(=O)N1CCC(O)(C(=O)OCC)CC1)c1ccccc1. The average Bonchev–Trinajstić information content (AvgIpc) is 2.61. The Kier molecular flexibility index (Phi) is 6.37. The minimum Gasteiger partial charge on any atom is -0.464 e. The number of likely N-dealkylation sites (tertiary alicyclic amines) is 1. The highest BCUT2D eigenvalue weighted by atomic mass is 16.5. The van der Waals surface area contributed by atoms with E-state index in [1.807, 2.05) is 30.3 Å². The normalized spacial score (nSPS) is 18.0. The first-order valence-corrected chi connectivity index (χ1v) is 8.75. The third kappa shape index (κ3) is 4.15. The van der Waals surface area contributed by atoms with Crippen molar-refractivity contribution in [2.24, 2.45) is 0 Å². The second kappa shape index (κ2) is 8.29. The van der Waals surface area contributed by atoms with Crippen LogP contribution >= 0.6 is 0 Å². The van der Waals surface area contributed by atoms with E-state index in [1.54, 1.807) is 11.8 Å². The van der Waals surface area contributed by atoms with E-state index in [-0.39, 0.29) is 31.3 Å². The molecule has 1 aromatic carbocycles. The van der Waals surface area contributed by atoms with E-state index >= 15 is 0 Å². The van der Waals surface area contributed by atoms with Crippen LogP contribution in [0.3, 0.4) is 0 Å². The summed E-state index contributed by atoms with van der Waals surface area (Å²) in [5.41, 5.74) is -0.435. The molecule has 0 saturated carbocycles. The Morgan fingerprint density at radius 1 is 1.21 bits per heavy atom. The summed E-state index contributed by atoms with van der Waals surface area (Å²) in [6.07, 6.45) is 2.17. The quantitative estimate of drug-likeness (QED) is 0.812. The molecule has 0 spiro atoms. The topological polar surface area (TPSA) is 66.8 Å². The van der Waals surface area contributed by atoms with Gasteiger partial charge in [-0.2, -0.15) is 0 Å². The maximum absolute atomic E-state index is 12.9. The first kappa shape index (κ1) is 18.5. The fourth-order valence-corrected chi connectivity index (χ4v) is 3.19. The zero-order valence-corrected chi connectivity index (χ0v) is 14.5. The molecule has 1 aliphatic heterocycles. The van der Waals surface area contributed by atoms with Crippen LogP contribution in [0.4, 0.5) is 0 Å². The summed E-state index contributed by atoms with van der Waals surface area (Å²) < 4.78 is 4.94. The van der Waals surface area contributed by atoms with Crippen LogP contribution in [-0.2, 0) is 14.3 Å². The second-order valence-electron chi connectivity index (χ2n) is 6.33. The Morgan fingerprint density at radius 2 is 1.83 bits per heavy atom. The van der Waals surface area contributed by atoms with Crippen LogP contribution < -0.4 is 0 Å². The number of carbonyl (C=O) groups excluding carboxylic acids is 2. The number of nitrogens with zero attached hydrogens (tertiary/aromatic N) is 1. The van der Waals surface area contributed by atoms with Gasteiger partial charge in [-0.15, -0.1) is 0 Å². The predicted octanol–water partition coefficient (Wildman–Crippen LogP) is 2.49. The molecule has 0 bridgehead atoms. The number of ether oxygens (including phenoxy) is 1. The van der Waals surface area contributed by atoms with Crippen molar-refractivity contribution in [1.82, 2.24) is 4.90 Å². The molecule has 0 unspecified atom stereocenters. The maximum Gasteiger partial charge on any atom is 0.338 e. The van der Waals surface area contributed by atoms with E-state index in [0.29, 0.717) is 13.1 Å². The Morgan fingerprint density at radius 3 is 2.38 bits per heavy atom. The highest BCUT2D eigenvalue weighted by Gasteiger charge is 2.42. The number of hydrogen-bond donors (Lipinski definition) is 1. The van der Waals surface area contributed by atoms with Crippen LogP contribution in [0.15, 0.2) is 30.3 Å². The van der Waals surface area contributed by atoms with Crippen LogP contribution in [0.5, 0.6) is 0 Å². The molecular weight excluding hydrogens is 306 g/mol. The van der Waals surface area contributed by atoms with Crippen LogP contribution in [0.25, 0.3) is 0 Å². The van der Waals surface area contributed by atoms with Crippen LogP contribution in [-0.4, -0.2) is 47.2 Å². The molecule has 0 aromatic heterocycles. The van der Waals surface area contributed by atoms with Crippen molar-refractivity contribution < 1.29 is 19.4 Å². The molecule has 1 heterocycles. The summed E-state index contributed by atoms with van der Waals surface area (Å²) in [6, 6.07) is 9.80. The lowest BCUT2D eigenvalue weighted by Gasteiger charge is -2.37. The lowest BCUT2D eigenvalue weighted by atomic mass is 9.88. The van der Waals surface area contributed by atoms with Gasteiger partial charge in [0.15, 0.2) is 5.60 Å². The minimum atomic E-state index is -1.46. The van der Waals surface area contributed by atoms with E-state index in [0.717, 1.165) is 18.4 Å². The highest BCUT2D eigenvalue weighted by molar-refractivity contribution is 5.85. The van der Waals surface area contributed by atoms with Crippen molar-refractivity contribution in [2.75, 3.05) is 19.7 Å². The molecule has 24 heavy (non-hydrogen) atoms. The van der Waals surface area contributed by atoms with Gasteiger partial charge < -0.3 is 14.7 Å². The Bertz CT molecular complexity index is 550. The molecule has 0 aliphatic carbocycles. The lowest BCUT2D eigenvalue weighted by molar-refractivity contribution is -0.171. The summed E-state index contributed by atoms with van der Waals surface area (Å²) in [4.78, 5) is 26.6. The summed E-state index contributed by atoms with van der Waals surface area (Å²) in [6.45, 7) is 4.78. The maximum atomic E-state index is 12.9. The zero-order valence-electron chi connectivity index (χ0n) is 14.5. The van der Waals surface area contributed by atoms with Crippen molar-refractivity contribution in [2.45, 2.75) is 51.0 Å². The van der Waals surface area contributed by atoms with Crippen molar-refractivity contribution in [1.29, 1.82) is 0 Å². The third-order valence-corrected chi connectivity index (χ3v) is 4.64. The molecule has 1 atom stereocenters. The van der Waals surface area contributed by atoms with Gasteiger partial charge in [0.1, 0.15) is 0 Å². The van der Waals surface area contributed by atoms with Gasteiger partial charge in [-0.3, -0.25) is 4.79 Å². The summed E-state index contributed by atoms with van der Waals surface area (Å²) in [5.74, 6) is -0.663. The highest BCUT2D eigenvalue weighted by Crippen LogP contribution is 2.29. The molecule has 132 valence electrons. The molecule has 1 amide bonds. The van der Waals surface area contributed by atoms with Crippen molar-refractivity contribution >= 4 is 11.9 Å². The van der Waals surface area contributed by atoms with E-state index in [9.17, 15) is 14.7 Å². The lowest BCUT2D eigenvalue weighted by Crippen LogP contribution is -2.52. The van der Waals surface area contributed by atoms with Gasteiger partial charge in [-0.1, -0.05) is 43.7 Å². The second-order valence-corrected chi connectivity index (χ2v) is 6.33. The van der Waals surface area contributed by atoms with Gasteiger partial charge in [-0.05, 0) is 18.9 Å². The minimum absolute atomic E-state index is 0.0777. The van der Waals surface area contributed by atoms with Crippen molar-refractivity contribution in [3.05, 3.63) is 35.9 Å². The van der Waals surface area contributed by atoms with Gasteiger partial charge in [0, 0.05) is 25.9 Å². The smallest absolute Gasteiger partial charge is 0.338 e. The molecule has 1 N–H and O–H groups in total. The monoisotopic (exact) mass is 333 g/mol. The predicted molar refractivity (Wildman–Crippen MR) is 91.5 cm³/mol.